The van der Waals surface area contributed by atoms with Gasteiger partial charge in [0.2, 0.25) is 0 Å². The topological polar surface area (TPSA) is 61.9 Å². The van der Waals surface area contributed by atoms with E-state index in [-0.39, 0.29) is 12.1 Å². The third-order valence-corrected chi connectivity index (χ3v) is 5.81. The number of ether oxygens (including phenoxy) is 1. The summed E-state index contributed by atoms with van der Waals surface area (Å²) in [5.41, 5.74) is 0. The fraction of sp³-hybridized carbons (Fsp3) is 1.00. The second-order valence-electron chi connectivity index (χ2n) is 4.96. The summed E-state index contributed by atoms with van der Waals surface area (Å²) >= 11 is 0. The van der Waals surface area contributed by atoms with Crippen LogP contribution in [0, 0.1) is 0 Å². The van der Waals surface area contributed by atoms with Crippen LogP contribution in [0.2, 0.25) is 0 Å². The predicted molar refractivity (Wildman–Crippen MR) is 69.6 cm³/mol. The Balaban J connectivity index is 2.08. The first-order chi connectivity index (χ1) is 8.53. The van der Waals surface area contributed by atoms with Crippen molar-refractivity contribution in [2.45, 2.75) is 31.9 Å². The van der Waals surface area contributed by atoms with Gasteiger partial charge in [-0.05, 0) is 26.3 Å². The first-order valence-electron chi connectivity index (χ1n) is 6.59. The summed E-state index contributed by atoms with van der Waals surface area (Å²) in [6, 6.07) is -0.0359. The fourth-order valence-corrected chi connectivity index (χ4v) is 4.27. The molecule has 0 spiro atoms. The van der Waals surface area contributed by atoms with Crippen LogP contribution in [0.1, 0.15) is 19.8 Å². The number of hydrogen-bond acceptors (Lipinski definition) is 4. The first-order valence-corrected chi connectivity index (χ1v) is 7.98. The minimum atomic E-state index is -3.36. The molecule has 1 N–H and O–H groups in total. The zero-order valence-corrected chi connectivity index (χ0v) is 11.9. The summed E-state index contributed by atoms with van der Waals surface area (Å²) in [5, 5.41) is 3.22. The van der Waals surface area contributed by atoms with E-state index in [0.29, 0.717) is 19.7 Å². The molecule has 6 nitrogen and oxygen atoms in total. The molecule has 0 radical (unpaired) electrons. The van der Waals surface area contributed by atoms with Crippen LogP contribution in [0.15, 0.2) is 0 Å². The van der Waals surface area contributed by atoms with E-state index in [1.165, 1.54) is 4.31 Å². The average Bonchev–Trinajstić information content (AvgIpc) is 2.61. The van der Waals surface area contributed by atoms with Gasteiger partial charge in [-0.25, -0.2) is 0 Å². The van der Waals surface area contributed by atoms with Crippen molar-refractivity contribution in [3.05, 3.63) is 0 Å². The molecule has 106 valence electrons. The van der Waals surface area contributed by atoms with E-state index in [0.717, 1.165) is 25.9 Å². The smallest absolute Gasteiger partial charge is 0.282 e. The molecular formula is C11H23N3O3S. The van der Waals surface area contributed by atoms with Crippen LogP contribution in [-0.4, -0.2) is 69.0 Å². The van der Waals surface area contributed by atoms with Crippen molar-refractivity contribution in [1.82, 2.24) is 13.9 Å². The molecule has 7 heteroatoms. The molecular weight excluding hydrogens is 254 g/mol. The van der Waals surface area contributed by atoms with Crippen LogP contribution in [0.4, 0.5) is 0 Å². The molecule has 2 saturated heterocycles. The predicted octanol–water partition coefficient (Wildman–Crippen LogP) is -0.364. The molecule has 2 aliphatic rings. The van der Waals surface area contributed by atoms with Gasteiger partial charge in [0.25, 0.3) is 10.2 Å². The van der Waals surface area contributed by atoms with E-state index >= 15 is 0 Å². The Morgan fingerprint density at radius 3 is 2.78 bits per heavy atom. The molecule has 2 fully saturated rings. The standard InChI is InChI=1S/C11H23N3O3S/c1-10-11(4-9-17-10)13(2)18(15,16)14-7-3-5-12-6-8-14/h10-12H,3-9H2,1-2H3. The van der Waals surface area contributed by atoms with Crippen molar-refractivity contribution < 1.29 is 13.2 Å². The summed E-state index contributed by atoms with van der Waals surface area (Å²) in [6.07, 6.45) is 1.63. The van der Waals surface area contributed by atoms with E-state index in [9.17, 15) is 8.42 Å². The Labute approximate surface area is 109 Å². The molecule has 2 aliphatic heterocycles. The Morgan fingerprint density at radius 1 is 1.33 bits per heavy atom. The van der Waals surface area contributed by atoms with Crippen LogP contribution < -0.4 is 5.32 Å². The molecule has 0 bridgehead atoms. The summed E-state index contributed by atoms with van der Waals surface area (Å²) in [7, 11) is -1.68. The van der Waals surface area contributed by atoms with Crippen molar-refractivity contribution in [2.75, 3.05) is 39.8 Å². The van der Waals surface area contributed by atoms with Gasteiger partial charge in [-0.15, -0.1) is 0 Å². The van der Waals surface area contributed by atoms with Crippen molar-refractivity contribution >= 4 is 10.2 Å². The Bertz CT molecular complexity index is 366. The van der Waals surface area contributed by atoms with E-state index < -0.39 is 10.2 Å². The largest absolute Gasteiger partial charge is 0.377 e. The lowest BCUT2D eigenvalue weighted by molar-refractivity contribution is 0.101. The lowest BCUT2D eigenvalue weighted by Crippen LogP contribution is -2.49. The molecule has 0 aromatic rings. The Kier molecular flexibility index (Phi) is 4.60. The van der Waals surface area contributed by atoms with Gasteiger partial charge in [0.15, 0.2) is 0 Å². The van der Waals surface area contributed by atoms with Gasteiger partial charge in [-0.3, -0.25) is 0 Å². The molecule has 0 amide bonds. The second-order valence-corrected chi connectivity index (χ2v) is 6.95. The number of likely N-dealkylation sites (N-methyl/N-ethyl adjacent to an activating group) is 1. The van der Waals surface area contributed by atoms with Crippen molar-refractivity contribution in [1.29, 1.82) is 0 Å². The van der Waals surface area contributed by atoms with Gasteiger partial charge in [0.1, 0.15) is 0 Å². The van der Waals surface area contributed by atoms with E-state index in [1.54, 1.807) is 11.4 Å². The van der Waals surface area contributed by atoms with Crippen LogP contribution in [0.3, 0.4) is 0 Å². The van der Waals surface area contributed by atoms with Gasteiger partial charge in [-0.1, -0.05) is 0 Å². The summed E-state index contributed by atoms with van der Waals surface area (Å²) < 4.78 is 33.6. The van der Waals surface area contributed by atoms with Crippen LogP contribution in [-0.2, 0) is 14.9 Å². The highest BCUT2D eigenvalue weighted by Crippen LogP contribution is 2.22. The molecule has 0 saturated carbocycles. The fourth-order valence-electron chi connectivity index (χ4n) is 2.60. The molecule has 0 aromatic heterocycles. The van der Waals surface area contributed by atoms with Crippen LogP contribution in [0.5, 0.6) is 0 Å². The lowest BCUT2D eigenvalue weighted by atomic mass is 10.2. The Morgan fingerprint density at radius 2 is 2.11 bits per heavy atom. The summed E-state index contributed by atoms with van der Waals surface area (Å²) in [6.45, 7) is 5.35. The van der Waals surface area contributed by atoms with Gasteiger partial charge < -0.3 is 10.1 Å². The maximum Gasteiger partial charge on any atom is 0.282 e. The zero-order chi connectivity index (χ0) is 13.2. The zero-order valence-electron chi connectivity index (χ0n) is 11.1. The quantitative estimate of drug-likeness (QED) is 0.765. The third kappa shape index (κ3) is 2.85. The summed E-state index contributed by atoms with van der Waals surface area (Å²) in [5.74, 6) is 0. The highest BCUT2D eigenvalue weighted by molar-refractivity contribution is 7.86. The highest BCUT2D eigenvalue weighted by atomic mass is 32.2. The molecule has 2 rings (SSSR count). The second kappa shape index (κ2) is 5.83. The normalized spacial score (nSPS) is 31.7. The third-order valence-electron chi connectivity index (χ3n) is 3.79. The molecule has 2 unspecified atom stereocenters. The number of nitrogens with zero attached hydrogens (tertiary/aromatic N) is 2. The van der Waals surface area contributed by atoms with Gasteiger partial charge in [0.05, 0.1) is 12.1 Å². The monoisotopic (exact) mass is 277 g/mol. The molecule has 18 heavy (non-hydrogen) atoms. The minimum Gasteiger partial charge on any atom is -0.377 e. The molecule has 0 aliphatic carbocycles. The van der Waals surface area contributed by atoms with E-state index in [4.69, 9.17) is 4.74 Å². The van der Waals surface area contributed by atoms with Crippen molar-refractivity contribution in [3.8, 4) is 0 Å². The SMILES string of the molecule is CC1OCCC1N(C)S(=O)(=O)N1CCCNCC1. The first kappa shape index (κ1) is 14.2. The number of nitrogens with one attached hydrogen (secondary N) is 1. The molecule has 2 atom stereocenters. The maximum atomic E-state index is 12.5. The van der Waals surface area contributed by atoms with Crippen LogP contribution >= 0.6 is 0 Å². The summed E-state index contributed by atoms with van der Waals surface area (Å²) in [4.78, 5) is 0. The van der Waals surface area contributed by atoms with Gasteiger partial charge >= 0.3 is 0 Å². The molecule has 0 aromatic carbocycles. The average molecular weight is 277 g/mol. The maximum absolute atomic E-state index is 12.5. The lowest BCUT2D eigenvalue weighted by Gasteiger charge is -2.31. The number of rotatable bonds is 3. The van der Waals surface area contributed by atoms with E-state index in [2.05, 4.69) is 5.32 Å². The van der Waals surface area contributed by atoms with Crippen molar-refractivity contribution in [2.24, 2.45) is 0 Å². The van der Waals surface area contributed by atoms with Gasteiger partial charge in [0, 0.05) is 33.3 Å². The van der Waals surface area contributed by atoms with E-state index in [1.807, 2.05) is 6.92 Å². The molecule has 2 heterocycles. The Hall–Kier alpha value is -0.210. The minimum absolute atomic E-state index is 0.0186. The van der Waals surface area contributed by atoms with Crippen molar-refractivity contribution in [3.63, 3.8) is 0 Å². The highest BCUT2D eigenvalue weighted by Gasteiger charge is 2.37. The number of hydrogen-bond donors (Lipinski definition) is 1. The van der Waals surface area contributed by atoms with Gasteiger partial charge in [-0.2, -0.15) is 17.0 Å². The van der Waals surface area contributed by atoms with Crippen LogP contribution in [0.25, 0.3) is 0 Å².